The molecule has 0 amide bonds. The molecule has 0 spiro atoms. The van der Waals surface area contributed by atoms with E-state index in [1.54, 1.807) is 0 Å². The molecular formula is C31H33F9N6O6. The van der Waals surface area contributed by atoms with E-state index in [-0.39, 0.29) is 36.8 Å². The first-order valence-electron chi connectivity index (χ1n) is 15.0. The number of anilines is 3. The third-order valence-electron chi connectivity index (χ3n) is 6.35. The molecule has 52 heavy (non-hydrogen) atoms. The number of alkyl halides is 9. The van der Waals surface area contributed by atoms with Gasteiger partial charge in [0.25, 0.3) is 11.4 Å². The van der Waals surface area contributed by atoms with Crippen LogP contribution < -0.4 is 16.0 Å². The summed E-state index contributed by atoms with van der Waals surface area (Å²) in [6.07, 6.45) is -12.5. The van der Waals surface area contributed by atoms with E-state index in [4.69, 9.17) is 15.5 Å². The first kappa shape index (κ1) is 44.7. The number of aliphatic hydroxyl groups is 2. The Morgan fingerprint density at radius 2 is 0.981 bits per heavy atom. The van der Waals surface area contributed by atoms with Crippen molar-refractivity contribution in [1.29, 1.82) is 5.26 Å². The van der Waals surface area contributed by atoms with Crippen LogP contribution in [0, 0.1) is 31.6 Å². The van der Waals surface area contributed by atoms with Gasteiger partial charge in [0.05, 0.1) is 27.0 Å². The molecule has 3 rings (SSSR count). The summed E-state index contributed by atoms with van der Waals surface area (Å²) in [7, 11) is 0. The van der Waals surface area contributed by atoms with Crippen molar-refractivity contribution in [2.45, 2.75) is 44.7 Å². The van der Waals surface area contributed by atoms with Gasteiger partial charge in [0.1, 0.15) is 11.1 Å². The Balaban J connectivity index is 0.000000390. The molecule has 0 aliphatic carbocycles. The second kappa shape index (κ2) is 20.5. The maximum atomic E-state index is 12.6. The number of hydrogen-bond acceptors (Lipinski definition) is 10. The predicted molar refractivity (Wildman–Crippen MR) is 172 cm³/mol. The van der Waals surface area contributed by atoms with Crippen molar-refractivity contribution >= 4 is 28.4 Å². The topological polar surface area (TPSA) is 187 Å². The van der Waals surface area contributed by atoms with Gasteiger partial charge in [0.2, 0.25) is 0 Å². The quantitative estimate of drug-likeness (QED) is 0.0492. The molecule has 0 unspecified atom stereocenters. The predicted octanol–water partition coefficient (Wildman–Crippen LogP) is 8.21. The molecule has 0 saturated carbocycles. The zero-order valence-corrected chi connectivity index (χ0v) is 27.1. The number of nitro groups is 2. The molecule has 21 heteroatoms. The molecule has 5 N–H and O–H groups in total. The fourth-order valence-electron chi connectivity index (χ4n) is 3.94. The van der Waals surface area contributed by atoms with Gasteiger partial charge in [-0.05, 0) is 61.7 Å². The Kier molecular flexibility index (Phi) is 17.6. The molecule has 3 aromatic rings. The molecule has 3 aromatic carbocycles. The van der Waals surface area contributed by atoms with Crippen LogP contribution in [0.2, 0.25) is 0 Å². The number of nitriles is 1. The van der Waals surface area contributed by atoms with Gasteiger partial charge in [-0.25, -0.2) is 0 Å². The summed E-state index contributed by atoms with van der Waals surface area (Å²) in [6, 6.07) is 10.5. The van der Waals surface area contributed by atoms with Gasteiger partial charge < -0.3 is 26.2 Å². The second-order valence-corrected chi connectivity index (χ2v) is 10.3. The van der Waals surface area contributed by atoms with Gasteiger partial charge in [-0.15, -0.1) is 0 Å². The first-order chi connectivity index (χ1) is 24.2. The van der Waals surface area contributed by atoms with E-state index in [2.05, 4.69) is 16.0 Å². The van der Waals surface area contributed by atoms with Crippen LogP contribution in [0.15, 0.2) is 54.6 Å². The molecule has 0 aliphatic rings. The van der Waals surface area contributed by atoms with E-state index in [9.17, 15) is 59.7 Å². The van der Waals surface area contributed by atoms with Crippen molar-refractivity contribution in [3.05, 3.63) is 97.1 Å². The molecule has 0 fully saturated rings. The number of benzene rings is 3. The highest BCUT2D eigenvalue weighted by Crippen LogP contribution is 2.39. The van der Waals surface area contributed by atoms with Crippen LogP contribution in [-0.4, -0.2) is 52.9 Å². The lowest BCUT2D eigenvalue weighted by Gasteiger charge is -2.11. The molecular weight excluding hydrogens is 723 g/mol. The van der Waals surface area contributed by atoms with E-state index < -0.39 is 62.0 Å². The van der Waals surface area contributed by atoms with Gasteiger partial charge in [-0.3, -0.25) is 20.2 Å². The average molecular weight is 757 g/mol. The number of nitrogens with zero attached hydrogens (tertiary/aromatic N) is 3. The van der Waals surface area contributed by atoms with E-state index in [0.29, 0.717) is 32.0 Å². The molecule has 12 nitrogen and oxygen atoms in total. The lowest BCUT2D eigenvalue weighted by atomic mass is 10.1. The third-order valence-corrected chi connectivity index (χ3v) is 6.35. The number of nitrogens with one attached hydrogen (secondary N) is 3. The number of halogens is 9. The summed E-state index contributed by atoms with van der Waals surface area (Å²) in [4.78, 5) is 18.9. The van der Waals surface area contributed by atoms with Gasteiger partial charge >= 0.3 is 18.5 Å². The molecule has 0 aliphatic heterocycles. The number of rotatable bonds is 13. The summed E-state index contributed by atoms with van der Waals surface area (Å²) in [6.45, 7) is 2.91. The van der Waals surface area contributed by atoms with Crippen LogP contribution >= 0.6 is 0 Å². The zero-order valence-electron chi connectivity index (χ0n) is 27.1. The highest BCUT2D eigenvalue weighted by molar-refractivity contribution is 5.56. The Morgan fingerprint density at radius 3 is 1.29 bits per heavy atom. The van der Waals surface area contributed by atoms with E-state index >= 15 is 0 Å². The van der Waals surface area contributed by atoms with Crippen LogP contribution in [0.3, 0.4) is 0 Å². The Labute approximate surface area is 290 Å². The van der Waals surface area contributed by atoms with Crippen LogP contribution in [0.5, 0.6) is 0 Å². The third kappa shape index (κ3) is 14.9. The van der Waals surface area contributed by atoms with Crippen LogP contribution in [0.4, 0.5) is 68.0 Å². The van der Waals surface area contributed by atoms with Crippen molar-refractivity contribution in [2.75, 3.05) is 48.8 Å². The number of hydrogen-bond donors (Lipinski definition) is 5. The minimum Gasteiger partial charge on any atom is -0.396 e. The van der Waals surface area contributed by atoms with Crippen molar-refractivity contribution in [2.24, 2.45) is 0 Å². The average Bonchev–Trinajstić information content (AvgIpc) is 3.06. The zero-order chi connectivity index (χ0) is 39.7. The summed E-state index contributed by atoms with van der Waals surface area (Å²) < 4.78 is 113. The molecule has 0 saturated heterocycles. The second-order valence-electron chi connectivity index (χ2n) is 10.3. The van der Waals surface area contributed by atoms with Crippen molar-refractivity contribution in [3.8, 4) is 6.07 Å². The van der Waals surface area contributed by atoms with Crippen LogP contribution in [-0.2, 0) is 18.5 Å². The molecule has 0 bridgehead atoms. The summed E-state index contributed by atoms with van der Waals surface area (Å²) >= 11 is 0. The Hall–Kier alpha value is -5.36. The maximum absolute atomic E-state index is 12.6. The van der Waals surface area contributed by atoms with Gasteiger partial charge in [0, 0.05) is 62.0 Å². The largest absolute Gasteiger partial charge is 0.423 e. The van der Waals surface area contributed by atoms with Gasteiger partial charge in [0.15, 0.2) is 0 Å². The van der Waals surface area contributed by atoms with Crippen molar-refractivity contribution in [3.63, 3.8) is 0 Å². The van der Waals surface area contributed by atoms with Gasteiger partial charge in [-0.1, -0.05) is 6.92 Å². The molecule has 0 heterocycles. The van der Waals surface area contributed by atoms with Crippen LogP contribution in [0.1, 0.15) is 48.4 Å². The lowest BCUT2D eigenvalue weighted by molar-refractivity contribution is -0.388. The fourth-order valence-corrected chi connectivity index (χ4v) is 3.94. The Morgan fingerprint density at radius 1 is 0.635 bits per heavy atom. The summed E-state index contributed by atoms with van der Waals surface area (Å²) in [5.74, 6) is 0. The lowest BCUT2D eigenvalue weighted by Crippen LogP contribution is -2.10. The number of nitro benzene ring substituents is 2. The fraction of sp³-hybridized carbons (Fsp3) is 0.387. The highest BCUT2D eigenvalue weighted by Gasteiger charge is 2.39. The molecule has 0 radical (unpaired) electrons. The highest BCUT2D eigenvalue weighted by atomic mass is 19.4. The van der Waals surface area contributed by atoms with Crippen molar-refractivity contribution in [1.82, 2.24) is 0 Å². The SMILES string of the molecule is CCCNc1ccc([N+](=O)[O-])c(C(F)(F)F)c1.N#Cc1ccc(NCCCO)cc1C(F)(F)F.O=[N+]([O-])c1ccc(NCCCO)cc1C(F)(F)F. The summed E-state index contributed by atoms with van der Waals surface area (Å²) in [5, 5.41) is 54.8. The Bertz CT molecular complexity index is 1660. The maximum Gasteiger partial charge on any atom is 0.423 e. The van der Waals surface area contributed by atoms with E-state index in [0.717, 1.165) is 36.8 Å². The van der Waals surface area contributed by atoms with E-state index in [1.165, 1.54) is 24.3 Å². The summed E-state index contributed by atoms with van der Waals surface area (Å²) in [5.41, 5.74) is -5.14. The molecule has 0 atom stereocenters. The first-order valence-corrected chi connectivity index (χ1v) is 15.0. The van der Waals surface area contributed by atoms with E-state index in [1.807, 2.05) is 6.92 Å². The van der Waals surface area contributed by atoms with Gasteiger partial charge in [-0.2, -0.15) is 44.8 Å². The number of aliphatic hydroxyl groups excluding tert-OH is 2. The minimum absolute atomic E-state index is 0.0323. The normalized spacial score (nSPS) is 11.2. The molecule has 286 valence electrons. The smallest absolute Gasteiger partial charge is 0.396 e. The minimum atomic E-state index is -4.78. The standard InChI is InChI=1S/C11H11F3N2O.C10H11F3N2O3.C10H11F3N2O2/c12-11(13,14)10-6-9(16-4-1-5-17)3-2-8(10)7-15;11-10(12,13)8-6-7(14-4-1-5-16)2-3-9(8)15(17)18;1-2-5-14-7-3-4-9(15(16)17)8(6-7)10(11,12)13/h2-3,6,16-17H,1,4-5H2;2-3,6,14,16H,1,4-5H2;3-4,6,14H,2,5H2,1H3. The van der Waals surface area contributed by atoms with Crippen LogP contribution in [0.25, 0.3) is 0 Å². The monoisotopic (exact) mass is 756 g/mol. The van der Waals surface area contributed by atoms with Crippen molar-refractivity contribution < 1.29 is 59.6 Å². The molecule has 0 aromatic heterocycles.